The van der Waals surface area contributed by atoms with Gasteiger partial charge in [-0.15, -0.1) is 0 Å². The Morgan fingerprint density at radius 3 is 1.44 bits per heavy atom. The van der Waals surface area contributed by atoms with Crippen LogP contribution in [0.5, 0.6) is 0 Å². The van der Waals surface area contributed by atoms with E-state index in [1.165, 1.54) is 49.2 Å². The fraction of sp³-hybridized carbons (Fsp3) is 0. The number of rotatable bonds is 5. The average Bonchev–Trinajstić information content (AvgIpc) is 3.78. The predicted molar refractivity (Wildman–Crippen MR) is 222 cm³/mol. The van der Waals surface area contributed by atoms with Gasteiger partial charge in [0.2, 0.25) is 0 Å². The Morgan fingerprint density at radius 1 is 0.315 bits per heavy atom. The van der Waals surface area contributed by atoms with Crippen molar-refractivity contribution in [2.45, 2.75) is 0 Å². The van der Waals surface area contributed by atoms with E-state index in [1.54, 1.807) is 0 Å². The van der Waals surface area contributed by atoms with E-state index in [9.17, 15) is 0 Å². The monoisotopic (exact) mass is 689 g/mol. The van der Waals surface area contributed by atoms with Crippen molar-refractivity contribution in [1.82, 2.24) is 23.9 Å². The molecule has 0 fully saturated rings. The van der Waals surface area contributed by atoms with Crippen molar-refractivity contribution in [3.05, 3.63) is 188 Å². The van der Waals surface area contributed by atoms with Gasteiger partial charge in [0.05, 0.1) is 27.6 Å². The zero-order valence-electron chi connectivity index (χ0n) is 29.1. The van der Waals surface area contributed by atoms with E-state index in [0.29, 0.717) is 17.5 Å². The molecular weight excluding hydrogens is 659 g/mol. The number of hydrogen-bond acceptors (Lipinski definition) is 3. The summed E-state index contributed by atoms with van der Waals surface area (Å²) in [4.78, 5) is 15.1. The minimum atomic E-state index is 0.625. The third-order valence-corrected chi connectivity index (χ3v) is 10.5. The smallest absolute Gasteiger partial charge is 0.164 e. The lowest BCUT2D eigenvalue weighted by Gasteiger charge is -2.14. The van der Waals surface area contributed by atoms with E-state index in [-0.39, 0.29) is 0 Å². The summed E-state index contributed by atoms with van der Waals surface area (Å²) in [5, 5.41) is 4.89. The van der Waals surface area contributed by atoms with Crippen LogP contribution in [0.15, 0.2) is 188 Å². The van der Waals surface area contributed by atoms with Crippen molar-refractivity contribution in [1.29, 1.82) is 0 Å². The molecule has 7 aromatic carbocycles. The molecule has 54 heavy (non-hydrogen) atoms. The van der Waals surface area contributed by atoms with Crippen LogP contribution < -0.4 is 0 Å². The van der Waals surface area contributed by atoms with Crippen LogP contribution in [0.25, 0.3) is 100 Å². The summed E-state index contributed by atoms with van der Waals surface area (Å²) in [5.41, 5.74) is 12.1. The Hall–Kier alpha value is -7.37. The van der Waals surface area contributed by atoms with Crippen LogP contribution in [0.2, 0.25) is 0 Å². The summed E-state index contributed by atoms with van der Waals surface area (Å²) in [6.07, 6.45) is 0. The minimum Gasteiger partial charge on any atom is -0.307 e. The zero-order chi connectivity index (χ0) is 35.6. The molecule has 0 amide bonds. The third kappa shape index (κ3) is 4.62. The molecule has 0 saturated heterocycles. The first-order valence-corrected chi connectivity index (χ1v) is 18.2. The molecule has 0 spiro atoms. The maximum atomic E-state index is 5.08. The molecule has 5 heteroatoms. The highest BCUT2D eigenvalue weighted by molar-refractivity contribution is 6.26. The van der Waals surface area contributed by atoms with Gasteiger partial charge in [-0.25, -0.2) is 15.0 Å². The second kappa shape index (κ2) is 12.1. The second-order valence-corrected chi connectivity index (χ2v) is 13.6. The second-order valence-electron chi connectivity index (χ2n) is 13.6. The molecule has 4 aromatic heterocycles. The largest absolute Gasteiger partial charge is 0.307 e. The molecule has 0 unspecified atom stereocenters. The lowest BCUT2D eigenvalue weighted by molar-refractivity contribution is 1.07. The summed E-state index contributed by atoms with van der Waals surface area (Å²) in [5.74, 6) is 1.91. The summed E-state index contributed by atoms with van der Waals surface area (Å²) in [6, 6.07) is 66.1. The topological polar surface area (TPSA) is 48.0 Å². The van der Waals surface area contributed by atoms with Crippen LogP contribution in [0, 0.1) is 0 Å². The molecule has 4 heterocycles. The van der Waals surface area contributed by atoms with E-state index in [2.05, 4.69) is 136 Å². The van der Waals surface area contributed by atoms with Gasteiger partial charge in [-0.1, -0.05) is 164 Å². The van der Waals surface area contributed by atoms with E-state index >= 15 is 0 Å². The Kier molecular flexibility index (Phi) is 6.79. The first-order valence-electron chi connectivity index (χ1n) is 18.2. The van der Waals surface area contributed by atoms with Gasteiger partial charge in [-0.05, 0) is 35.2 Å². The minimum absolute atomic E-state index is 0.625. The molecule has 0 aliphatic rings. The number of hydrogen-bond donors (Lipinski definition) is 0. The van der Waals surface area contributed by atoms with Crippen molar-refractivity contribution in [3.8, 4) is 51.0 Å². The Morgan fingerprint density at radius 2 is 0.796 bits per heavy atom. The SMILES string of the molecule is c1ccc(-c2nc(-c3ccccc3)nc(-c3cccc(-n4c5ccccc5c5c4c(-c4ccccc4)c4c6ccccc6c6ccccc6n45)c3)n2)cc1. The maximum absolute atomic E-state index is 5.08. The fourth-order valence-electron chi connectivity index (χ4n) is 8.20. The number of para-hydroxylation sites is 2. The predicted octanol–water partition coefficient (Wildman–Crippen LogP) is 12.2. The highest BCUT2D eigenvalue weighted by Gasteiger charge is 2.26. The Balaban J connectivity index is 1.25. The normalized spacial score (nSPS) is 11.7. The molecular formula is C49H31N5. The van der Waals surface area contributed by atoms with Crippen molar-refractivity contribution in [2.75, 3.05) is 0 Å². The van der Waals surface area contributed by atoms with E-state index in [0.717, 1.165) is 33.4 Å². The molecule has 0 aliphatic heterocycles. The van der Waals surface area contributed by atoms with Crippen LogP contribution in [-0.4, -0.2) is 23.9 Å². The molecule has 0 radical (unpaired) electrons. The summed E-state index contributed by atoms with van der Waals surface area (Å²) >= 11 is 0. The lowest BCUT2D eigenvalue weighted by Crippen LogP contribution is -2.01. The van der Waals surface area contributed by atoms with Crippen molar-refractivity contribution in [3.63, 3.8) is 0 Å². The molecule has 0 bridgehead atoms. The van der Waals surface area contributed by atoms with Gasteiger partial charge in [-0.3, -0.25) is 0 Å². The van der Waals surface area contributed by atoms with Gasteiger partial charge in [0, 0.05) is 44.1 Å². The third-order valence-electron chi connectivity index (χ3n) is 10.5. The molecule has 0 saturated carbocycles. The van der Waals surface area contributed by atoms with Gasteiger partial charge in [0.25, 0.3) is 0 Å². The van der Waals surface area contributed by atoms with Crippen LogP contribution in [0.1, 0.15) is 0 Å². The highest BCUT2D eigenvalue weighted by Crippen LogP contribution is 2.46. The van der Waals surface area contributed by atoms with E-state index in [1.807, 2.05) is 60.7 Å². The molecule has 11 aromatic rings. The molecule has 252 valence electrons. The van der Waals surface area contributed by atoms with Gasteiger partial charge >= 0.3 is 0 Å². The van der Waals surface area contributed by atoms with Gasteiger partial charge in [0.15, 0.2) is 17.5 Å². The molecule has 5 nitrogen and oxygen atoms in total. The number of aromatic nitrogens is 5. The van der Waals surface area contributed by atoms with Crippen molar-refractivity contribution in [2.24, 2.45) is 0 Å². The molecule has 0 atom stereocenters. The number of pyridine rings is 1. The van der Waals surface area contributed by atoms with Crippen molar-refractivity contribution >= 4 is 49.1 Å². The van der Waals surface area contributed by atoms with Gasteiger partial charge < -0.3 is 8.97 Å². The maximum Gasteiger partial charge on any atom is 0.164 e. The van der Waals surface area contributed by atoms with Crippen LogP contribution >= 0.6 is 0 Å². The summed E-state index contributed by atoms with van der Waals surface area (Å²) in [7, 11) is 0. The zero-order valence-corrected chi connectivity index (χ0v) is 29.1. The van der Waals surface area contributed by atoms with Crippen molar-refractivity contribution < 1.29 is 0 Å². The quantitative estimate of drug-likeness (QED) is 0.169. The summed E-state index contributed by atoms with van der Waals surface area (Å²) in [6.45, 7) is 0. The number of benzene rings is 7. The fourth-order valence-corrected chi connectivity index (χ4v) is 8.20. The van der Waals surface area contributed by atoms with E-state index < -0.39 is 0 Å². The van der Waals surface area contributed by atoms with Gasteiger partial charge in [-0.2, -0.15) is 0 Å². The average molecular weight is 690 g/mol. The number of fused-ring (bicyclic) bond motifs is 10. The summed E-state index contributed by atoms with van der Waals surface area (Å²) < 4.78 is 4.94. The standard InChI is InChI=1S/C49H31N5/c1-4-17-32(18-5-1)43-44-39-27-11-10-25-37(39)38-26-12-14-29-41(38)54(44)45-40-28-13-15-30-42(40)53(46(43)45)36-24-16-23-35(31-36)49-51-47(33-19-6-2-7-20-33)50-48(52-49)34-21-8-3-9-22-34/h1-31H. The number of nitrogens with zero attached hydrogens (tertiary/aromatic N) is 5. The molecule has 0 N–H and O–H groups in total. The molecule has 0 aliphatic carbocycles. The Labute approximate surface area is 311 Å². The Bertz CT molecular complexity index is 3140. The first-order chi connectivity index (χ1) is 26.8. The lowest BCUT2D eigenvalue weighted by atomic mass is 10.00. The highest BCUT2D eigenvalue weighted by atomic mass is 15.1. The molecule has 11 rings (SSSR count). The van der Waals surface area contributed by atoms with Crippen LogP contribution in [-0.2, 0) is 0 Å². The van der Waals surface area contributed by atoms with Crippen LogP contribution in [0.3, 0.4) is 0 Å². The van der Waals surface area contributed by atoms with Crippen LogP contribution in [0.4, 0.5) is 0 Å². The van der Waals surface area contributed by atoms with E-state index in [4.69, 9.17) is 15.0 Å². The first kappa shape index (κ1) is 30.3. The van der Waals surface area contributed by atoms with Gasteiger partial charge in [0.1, 0.15) is 0 Å².